The highest BCUT2D eigenvalue weighted by Crippen LogP contribution is 2.36. The Morgan fingerprint density at radius 2 is 2.14 bits per heavy atom. The molecule has 0 saturated carbocycles. The Hall–Kier alpha value is -1.55. The average Bonchev–Trinajstić information content (AvgIpc) is 2.52. The van der Waals surface area contributed by atoms with Crippen LogP contribution >= 0.6 is 11.6 Å². The summed E-state index contributed by atoms with van der Waals surface area (Å²) >= 11 is 6.25. The van der Waals surface area contributed by atoms with Crippen molar-refractivity contribution in [1.29, 1.82) is 0 Å². The SMILES string of the molecule is Cc1ccc(C(NN)c2cccc3c2OCCC3)cc1Cl. The van der Waals surface area contributed by atoms with Crippen LogP contribution in [0.2, 0.25) is 5.02 Å². The van der Waals surface area contributed by atoms with Gasteiger partial charge in [0.15, 0.2) is 0 Å². The Balaban J connectivity index is 2.06. The van der Waals surface area contributed by atoms with Gasteiger partial charge in [-0.3, -0.25) is 5.84 Å². The zero-order valence-electron chi connectivity index (χ0n) is 12.0. The van der Waals surface area contributed by atoms with E-state index < -0.39 is 0 Å². The molecule has 0 saturated heterocycles. The van der Waals surface area contributed by atoms with Crippen LogP contribution in [0.5, 0.6) is 5.75 Å². The summed E-state index contributed by atoms with van der Waals surface area (Å²) in [6.07, 6.45) is 2.11. The zero-order valence-corrected chi connectivity index (χ0v) is 12.8. The van der Waals surface area contributed by atoms with Crippen molar-refractivity contribution in [2.24, 2.45) is 5.84 Å². The fourth-order valence-electron chi connectivity index (χ4n) is 2.80. The normalized spacial score (nSPS) is 15.2. The van der Waals surface area contributed by atoms with Gasteiger partial charge in [-0.2, -0.15) is 0 Å². The second-order valence-electron chi connectivity index (χ2n) is 5.40. The molecule has 21 heavy (non-hydrogen) atoms. The molecule has 3 N–H and O–H groups in total. The van der Waals surface area contributed by atoms with E-state index in [1.807, 2.05) is 25.1 Å². The number of halogens is 1. The maximum absolute atomic E-state index is 6.25. The molecule has 4 heteroatoms. The van der Waals surface area contributed by atoms with E-state index in [0.717, 1.165) is 46.9 Å². The molecule has 0 amide bonds. The molecule has 1 aliphatic rings. The molecule has 0 radical (unpaired) electrons. The van der Waals surface area contributed by atoms with E-state index in [1.165, 1.54) is 5.56 Å². The van der Waals surface area contributed by atoms with E-state index in [2.05, 4.69) is 23.6 Å². The van der Waals surface area contributed by atoms with E-state index in [1.54, 1.807) is 0 Å². The molecule has 110 valence electrons. The largest absolute Gasteiger partial charge is 0.493 e. The first kappa shape index (κ1) is 14.4. The van der Waals surface area contributed by atoms with E-state index in [9.17, 15) is 0 Å². The van der Waals surface area contributed by atoms with Crippen LogP contribution in [0.25, 0.3) is 0 Å². The Labute approximate surface area is 130 Å². The maximum atomic E-state index is 6.25. The van der Waals surface area contributed by atoms with Crippen molar-refractivity contribution >= 4 is 11.6 Å². The van der Waals surface area contributed by atoms with Crippen molar-refractivity contribution in [3.05, 3.63) is 63.7 Å². The van der Waals surface area contributed by atoms with Gasteiger partial charge in [0.1, 0.15) is 5.75 Å². The predicted molar refractivity (Wildman–Crippen MR) is 85.6 cm³/mol. The predicted octanol–water partition coefficient (Wildman–Crippen LogP) is 3.53. The minimum absolute atomic E-state index is 0.129. The number of aryl methyl sites for hydroxylation is 2. The first-order chi connectivity index (χ1) is 10.2. The third-order valence-corrected chi connectivity index (χ3v) is 4.38. The fourth-order valence-corrected chi connectivity index (χ4v) is 2.98. The van der Waals surface area contributed by atoms with Crippen LogP contribution in [0.3, 0.4) is 0 Å². The number of para-hydroxylation sites is 1. The maximum Gasteiger partial charge on any atom is 0.127 e. The van der Waals surface area contributed by atoms with Gasteiger partial charge in [0.25, 0.3) is 0 Å². The molecule has 0 spiro atoms. The zero-order chi connectivity index (χ0) is 14.8. The number of fused-ring (bicyclic) bond motifs is 1. The number of hydrazine groups is 1. The van der Waals surface area contributed by atoms with Gasteiger partial charge in [-0.1, -0.05) is 41.9 Å². The quantitative estimate of drug-likeness (QED) is 0.673. The second-order valence-corrected chi connectivity index (χ2v) is 5.80. The number of hydrogen-bond acceptors (Lipinski definition) is 3. The van der Waals surface area contributed by atoms with Crippen molar-refractivity contribution in [3.8, 4) is 5.75 Å². The minimum Gasteiger partial charge on any atom is -0.493 e. The highest BCUT2D eigenvalue weighted by molar-refractivity contribution is 6.31. The first-order valence-corrected chi connectivity index (χ1v) is 7.55. The van der Waals surface area contributed by atoms with Gasteiger partial charge in [0, 0.05) is 10.6 Å². The summed E-state index contributed by atoms with van der Waals surface area (Å²) in [6.45, 7) is 2.75. The molecule has 1 heterocycles. The Morgan fingerprint density at radius 1 is 1.29 bits per heavy atom. The highest BCUT2D eigenvalue weighted by atomic mass is 35.5. The molecule has 2 aromatic carbocycles. The lowest BCUT2D eigenvalue weighted by Crippen LogP contribution is -2.29. The topological polar surface area (TPSA) is 47.3 Å². The van der Waals surface area contributed by atoms with E-state index in [0.29, 0.717) is 0 Å². The minimum atomic E-state index is -0.129. The molecule has 0 bridgehead atoms. The summed E-state index contributed by atoms with van der Waals surface area (Å²) in [4.78, 5) is 0. The highest BCUT2D eigenvalue weighted by Gasteiger charge is 2.21. The summed E-state index contributed by atoms with van der Waals surface area (Å²) in [7, 11) is 0. The summed E-state index contributed by atoms with van der Waals surface area (Å²) in [5.41, 5.74) is 7.30. The Bertz CT molecular complexity index is 657. The summed E-state index contributed by atoms with van der Waals surface area (Å²) in [5, 5.41) is 0.749. The van der Waals surface area contributed by atoms with Crippen LogP contribution in [-0.4, -0.2) is 6.61 Å². The van der Waals surface area contributed by atoms with Crippen molar-refractivity contribution in [3.63, 3.8) is 0 Å². The summed E-state index contributed by atoms with van der Waals surface area (Å²) in [5.74, 6) is 6.77. The molecule has 3 rings (SSSR count). The van der Waals surface area contributed by atoms with Gasteiger partial charge in [-0.25, -0.2) is 5.43 Å². The van der Waals surface area contributed by atoms with Crippen LogP contribution in [0.1, 0.15) is 34.7 Å². The van der Waals surface area contributed by atoms with Gasteiger partial charge in [0.05, 0.1) is 12.6 Å². The fraction of sp³-hybridized carbons (Fsp3) is 0.294. The van der Waals surface area contributed by atoms with Crippen molar-refractivity contribution in [2.75, 3.05) is 6.61 Å². The summed E-state index contributed by atoms with van der Waals surface area (Å²) < 4.78 is 5.88. The molecule has 0 fully saturated rings. The van der Waals surface area contributed by atoms with Gasteiger partial charge in [-0.15, -0.1) is 0 Å². The lowest BCUT2D eigenvalue weighted by atomic mass is 9.93. The van der Waals surface area contributed by atoms with E-state index >= 15 is 0 Å². The number of ether oxygens (including phenoxy) is 1. The Morgan fingerprint density at radius 3 is 2.90 bits per heavy atom. The van der Waals surface area contributed by atoms with Crippen LogP contribution < -0.4 is 16.0 Å². The number of rotatable bonds is 3. The lowest BCUT2D eigenvalue weighted by Gasteiger charge is -2.25. The third-order valence-electron chi connectivity index (χ3n) is 3.97. The van der Waals surface area contributed by atoms with E-state index in [4.69, 9.17) is 22.2 Å². The van der Waals surface area contributed by atoms with Gasteiger partial charge in [0.2, 0.25) is 0 Å². The monoisotopic (exact) mass is 302 g/mol. The van der Waals surface area contributed by atoms with Crippen LogP contribution in [0.15, 0.2) is 36.4 Å². The average molecular weight is 303 g/mol. The second kappa shape index (κ2) is 6.06. The molecular formula is C17H19ClN2O. The van der Waals surface area contributed by atoms with Crippen LogP contribution in [0, 0.1) is 6.92 Å². The third kappa shape index (κ3) is 2.77. The van der Waals surface area contributed by atoms with Gasteiger partial charge >= 0.3 is 0 Å². The molecular weight excluding hydrogens is 284 g/mol. The van der Waals surface area contributed by atoms with Crippen molar-refractivity contribution in [2.45, 2.75) is 25.8 Å². The van der Waals surface area contributed by atoms with Crippen LogP contribution in [0.4, 0.5) is 0 Å². The molecule has 1 atom stereocenters. The van der Waals surface area contributed by atoms with Gasteiger partial charge in [-0.05, 0) is 42.5 Å². The smallest absolute Gasteiger partial charge is 0.127 e. The van der Waals surface area contributed by atoms with Crippen LogP contribution in [-0.2, 0) is 6.42 Å². The number of nitrogens with two attached hydrogens (primary N) is 1. The van der Waals surface area contributed by atoms with Crippen molar-refractivity contribution in [1.82, 2.24) is 5.43 Å². The lowest BCUT2D eigenvalue weighted by molar-refractivity contribution is 0.283. The molecule has 2 aromatic rings. The Kier molecular flexibility index (Phi) is 4.15. The number of nitrogens with one attached hydrogen (secondary N) is 1. The summed E-state index contributed by atoms with van der Waals surface area (Å²) in [6, 6.07) is 12.1. The molecule has 0 aliphatic carbocycles. The molecule has 1 aliphatic heterocycles. The number of benzene rings is 2. The van der Waals surface area contributed by atoms with Crippen molar-refractivity contribution < 1.29 is 4.74 Å². The number of hydrogen-bond donors (Lipinski definition) is 2. The molecule has 3 nitrogen and oxygen atoms in total. The first-order valence-electron chi connectivity index (χ1n) is 7.17. The van der Waals surface area contributed by atoms with E-state index in [-0.39, 0.29) is 6.04 Å². The molecule has 1 unspecified atom stereocenters. The standard InChI is InChI=1S/C17H19ClN2O/c1-11-7-8-13(10-15(11)18)16(20-19)14-6-2-4-12-5-3-9-21-17(12)14/h2,4,6-8,10,16,20H,3,5,9,19H2,1H3. The molecule has 0 aromatic heterocycles. The van der Waals surface area contributed by atoms with Gasteiger partial charge < -0.3 is 4.74 Å².